The number of amides is 1. The lowest BCUT2D eigenvalue weighted by molar-refractivity contribution is 0.0941. The molecule has 0 saturated heterocycles. The van der Waals surface area contributed by atoms with Crippen molar-refractivity contribution in [3.63, 3.8) is 0 Å². The molecule has 5 nitrogen and oxygen atoms in total. The molecule has 0 aliphatic carbocycles. The van der Waals surface area contributed by atoms with Gasteiger partial charge in [-0.2, -0.15) is 0 Å². The monoisotopic (exact) mass is 412 g/mol. The third-order valence-electron chi connectivity index (χ3n) is 4.49. The Bertz CT molecular complexity index is 1130. The largest absolute Gasteiger partial charge is 0.345 e. The number of sulfonamides is 1. The number of hydrogen-bond acceptors (Lipinski definition) is 3. The molecular weight excluding hydrogens is 391 g/mol. The fourth-order valence-corrected chi connectivity index (χ4v) is 4.29. The number of aryl methyl sites for hydroxylation is 1. The zero-order valence-corrected chi connectivity index (χ0v) is 16.8. The molecule has 0 unspecified atom stereocenters. The van der Waals surface area contributed by atoms with Gasteiger partial charge in [0.25, 0.3) is 15.9 Å². The molecular formula is C22H21FN2O3S. The maximum absolute atomic E-state index is 13.3. The van der Waals surface area contributed by atoms with Crippen LogP contribution in [0.5, 0.6) is 0 Å². The van der Waals surface area contributed by atoms with Crippen molar-refractivity contribution in [1.82, 2.24) is 5.32 Å². The predicted molar refractivity (Wildman–Crippen MR) is 111 cm³/mol. The molecule has 0 radical (unpaired) electrons. The summed E-state index contributed by atoms with van der Waals surface area (Å²) in [5.41, 5.74) is 1.55. The molecule has 3 aromatic rings. The molecule has 0 aliphatic heterocycles. The van der Waals surface area contributed by atoms with E-state index in [-0.39, 0.29) is 27.8 Å². The number of anilines is 1. The zero-order valence-electron chi connectivity index (χ0n) is 16.0. The Labute approximate surface area is 169 Å². The summed E-state index contributed by atoms with van der Waals surface area (Å²) in [6.45, 7) is 3.36. The van der Waals surface area contributed by atoms with Crippen molar-refractivity contribution in [2.24, 2.45) is 0 Å². The van der Waals surface area contributed by atoms with Gasteiger partial charge < -0.3 is 5.32 Å². The SMILES string of the molecule is Cc1cc(F)ccc1S(=O)(=O)Nc1ccccc1C(=O)N[C@@H](C)c1ccccc1. The summed E-state index contributed by atoms with van der Waals surface area (Å²) in [7, 11) is -3.99. The third kappa shape index (κ3) is 4.81. The number of rotatable bonds is 6. The van der Waals surface area contributed by atoms with Gasteiger partial charge in [0.1, 0.15) is 5.82 Å². The highest BCUT2D eigenvalue weighted by molar-refractivity contribution is 7.92. The number of halogens is 1. The van der Waals surface area contributed by atoms with Gasteiger partial charge in [-0.15, -0.1) is 0 Å². The summed E-state index contributed by atoms with van der Waals surface area (Å²) in [6, 6.07) is 19.0. The van der Waals surface area contributed by atoms with E-state index in [4.69, 9.17) is 0 Å². The zero-order chi connectivity index (χ0) is 21.0. The van der Waals surface area contributed by atoms with E-state index >= 15 is 0 Å². The van der Waals surface area contributed by atoms with Crippen LogP contribution in [0.4, 0.5) is 10.1 Å². The van der Waals surface area contributed by atoms with Crippen molar-refractivity contribution in [2.75, 3.05) is 4.72 Å². The molecule has 0 heterocycles. The molecule has 29 heavy (non-hydrogen) atoms. The molecule has 0 aliphatic rings. The molecule has 150 valence electrons. The van der Waals surface area contributed by atoms with Crippen LogP contribution in [0.25, 0.3) is 0 Å². The maximum atomic E-state index is 13.3. The van der Waals surface area contributed by atoms with Crippen LogP contribution in [0.1, 0.15) is 34.5 Å². The van der Waals surface area contributed by atoms with Gasteiger partial charge in [0, 0.05) is 0 Å². The minimum Gasteiger partial charge on any atom is -0.345 e. The first-order valence-corrected chi connectivity index (χ1v) is 10.5. The Balaban J connectivity index is 1.86. The third-order valence-corrected chi connectivity index (χ3v) is 6.02. The molecule has 2 N–H and O–H groups in total. The number of carbonyl (C=O) groups is 1. The van der Waals surface area contributed by atoms with Gasteiger partial charge in [0.2, 0.25) is 0 Å². The first-order valence-electron chi connectivity index (χ1n) is 9.02. The topological polar surface area (TPSA) is 75.3 Å². The van der Waals surface area contributed by atoms with E-state index in [0.29, 0.717) is 0 Å². The van der Waals surface area contributed by atoms with E-state index in [1.165, 1.54) is 19.1 Å². The van der Waals surface area contributed by atoms with E-state index in [1.807, 2.05) is 37.3 Å². The van der Waals surface area contributed by atoms with Gasteiger partial charge in [-0.05, 0) is 55.3 Å². The Morgan fingerprint density at radius 3 is 2.31 bits per heavy atom. The van der Waals surface area contributed by atoms with Crippen molar-refractivity contribution in [2.45, 2.75) is 24.8 Å². The standard InChI is InChI=1S/C22H21FN2O3S/c1-15-14-18(23)12-13-21(15)29(27,28)25-20-11-7-6-10-19(20)22(26)24-16(2)17-8-4-3-5-9-17/h3-14,16,25H,1-2H3,(H,24,26)/t16-/m0/s1. The average Bonchev–Trinajstić information content (AvgIpc) is 2.68. The van der Waals surface area contributed by atoms with E-state index in [0.717, 1.165) is 17.7 Å². The van der Waals surface area contributed by atoms with Crippen LogP contribution in [-0.4, -0.2) is 14.3 Å². The molecule has 7 heteroatoms. The molecule has 0 spiro atoms. The Hall–Kier alpha value is -3.19. The number of para-hydroxylation sites is 1. The van der Waals surface area contributed by atoms with Crippen LogP contribution < -0.4 is 10.0 Å². The molecule has 0 aromatic heterocycles. The van der Waals surface area contributed by atoms with Crippen LogP contribution >= 0.6 is 0 Å². The van der Waals surface area contributed by atoms with Crippen LogP contribution in [0.2, 0.25) is 0 Å². The summed E-state index contributed by atoms with van der Waals surface area (Å²) in [5.74, 6) is -0.924. The number of benzene rings is 3. The van der Waals surface area contributed by atoms with E-state index in [9.17, 15) is 17.6 Å². The van der Waals surface area contributed by atoms with Crippen molar-refractivity contribution >= 4 is 21.6 Å². The van der Waals surface area contributed by atoms with Crippen LogP contribution in [0, 0.1) is 12.7 Å². The lowest BCUT2D eigenvalue weighted by atomic mass is 10.1. The summed E-state index contributed by atoms with van der Waals surface area (Å²) in [5, 5.41) is 2.87. The molecule has 3 aromatic carbocycles. The minimum atomic E-state index is -3.99. The van der Waals surface area contributed by atoms with Crippen molar-refractivity contribution < 1.29 is 17.6 Å². The summed E-state index contributed by atoms with van der Waals surface area (Å²) >= 11 is 0. The molecule has 3 rings (SSSR count). The highest BCUT2D eigenvalue weighted by Crippen LogP contribution is 2.23. The second kappa shape index (κ2) is 8.45. The van der Waals surface area contributed by atoms with Crippen molar-refractivity contribution in [3.05, 3.63) is 95.3 Å². The first-order chi connectivity index (χ1) is 13.8. The van der Waals surface area contributed by atoms with Gasteiger partial charge in [-0.25, -0.2) is 12.8 Å². The number of carbonyl (C=O) groups excluding carboxylic acids is 1. The lowest BCUT2D eigenvalue weighted by Gasteiger charge is -2.17. The molecule has 0 bridgehead atoms. The number of hydrogen-bond donors (Lipinski definition) is 2. The Morgan fingerprint density at radius 2 is 1.62 bits per heavy atom. The summed E-state index contributed by atoms with van der Waals surface area (Å²) in [6.07, 6.45) is 0. The highest BCUT2D eigenvalue weighted by atomic mass is 32.2. The fraction of sp³-hybridized carbons (Fsp3) is 0.136. The Kier molecular flexibility index (Phi) is 5.98. The van der Waals surface area contributed by atoms with Gasteiger partial charge >= 0.3 is 0 Å². The highest BCUT2D eigenvalue weighted by Gasteiger charge is 2.21. The average molecular weight is 412 g/mol. The minimum absolute atomic E-state index is 0.0493. The molecule has 0 fully saturated rings. The van der Waals surface area contributed by atoms with Gasteiger partial charge in [-0.1, -0.05) is 42.5 Å². The van der Waals surface area contributed by atoms with Crippen LogP contribution in [0.15, 0.2) is 77.7 Å². The maximum Gasteiger partial charge on any atom is 0.262 e. The molecule has 0 saturated carbocycles. The number of nitrogens with one attached hydrogen (secondary N) is 2. The molecule has 1 atom stereocenters. The van der Waals surface area contributed by atoms with Crippen LogP contribution in [-0.2, 0) is 10.0 Å². The van der Waals surface area contributed by atoms with E-state index in [2.05, 4.69) is 10.0 Å². The van der Waals surface area contributed by atoms with Gasteiger partial charge in [0.15, 0.2) is 0 Å². The van der Waals surface area contributed by atoms with Gasteiger partial charge in [-0.3, -0.25) is 9.52 Å². The predicted octanol–water partition coefficient (Wildman–Crippen LogP) is 4.43. The lowest BCUT2D eigenvalue weighted by Crippen LogP contribution is -2.28. The normalized spacial score (nSPS) is 12.2. The first kappa shape index (κ1) is 20.5. The van der Waals surface area contributed by atoms with E-state index < -0.39 is 21.7 Å². The second-order valence-corrected chi connectivity index (χ2v) is 8.32. The summed E-state index contributed by atoms with van der Waals surface area (Å²) < 4.78 is 41.3. The smallest absolute Gasteiger partial charge is 0.262 e. The molecule has 1 amide bonds. The van der Waals surface area contributed by atoms with Gasteiger partial charge in [0.05, 0.1) is 22.2 Å². The van der Waals surface area contributed by atoms with Crippen molar-refractivity contribution in [3.8, 4) is 0 Å². The second-order valence-electron chi connectivity index (χ2n) is 6.67. The fourth-order valence-electron chi connectivity index (χ4n) is 2.98. The quantitative estimate of drug-likeness (QED) is 0.629. The van der Waals surface area contributed by atoms with E-state index in [1.54, 1.807) is 18.2 Å². The summed E-state index contributed by atoms with van der Waals surface area (Å²) in [4.78, 5) is 12.7. The van der Waals surface area contributed by atoms with Crippen molar-refractivity contribution in [1.29, 1.82) is 0 Å². The Morgan fingerprint density at radius 1 is 0.966 bits per heavy atom. The van der Waals surface area contributed by atoms with Crippen LogP contribution in [0.3, 0.4) is 0 Å².